The third-order valence-corrected chi connectivity index (χ3v) is 3.58. The van der Waals surface area contributed by atoms with Crippen LogP contribution in [0, 0.1) is 10.1 Å². The van der Waals surface area contributed by atoms with Gasteiger partial charge in [-0.25, -0.2) is 4.79 Å². The van der Waals surface area contributed by atoms with E-state index in [0.29, 0.717) is 12.2 Å². The van der Waals surface area contributed by atoms with E-state index in [-0.39, 0.29) is 17.4 Å². The van der Waals surface area contributed by atoms with Gasteiger partial charge >= 0.3 is 5.97 Å². The Morgan fingerprint density at radius 2 is 2.29 bits per heavy atom. The van der Waals surface area contributed by atoms with Crippen molar-refractivity contribution in [1.82, 2.24) is 0 Å². The third-order valence-electron chi connectivity index (χ3n) is 3.58. The zero-order valence-corrected chi connectivity index (χ0v) is 11.8. The lowest BCUT2D eigenvalue weighted by molar-refractivity contribution is -0.384. The number of hydrogen-bond acceptors (Lipinski definition) is 5. The van der Waals surface area contributed by atoms with Gasteiger partial charge in [-0.1, -0.05) is 0 Å². The number of carboxylic acid groups (broad SMARTS) is 1. The molecule has 0 amide bonds. The number of rotatable bonds is 5. The molecule has 0 spiro atoms. The van der Waals surface area contributed by atoms with Gasteiger partial charge in [-0.2, -0.15) is 0 Å². The predicted octanol–water partition coefficient (Wildman–Crippen LogP) is 2.30. The number of benzene rings is 1. The van der Waals surface area contributed by atoms with Crippen molar-refractivity contribution in [3.05, 3.63) is 33.9 Å². The predicted molar refractivity (Wildman–Crippen MR) is 76.9 cm³/mol. The van der Waals surface area contributed by atoms with Crippen LogP contribution < -0.4 is 4.90 Å². The van der Waals surface area contributed by atoms with Crippen LogP contribution >= 0.6 is 0 Å². The first-order chi connectivity index (χ1) is 9.99. The minimum Gasteiger partial charge on any atom is -0.478 e. The highest BCUT2D eigenvalue weighted by molar-refractivity contribution is 5.89. The first kappa shape index (κ1) is 15.2. The minimum atomic E-state index is -1.18. The molecule has 1 saturated heterocycles. The van der Waals surface area contributed by atoms with Gasteiger partial charge in [0, 0.05) is 26.3 Å². The van der Waals surface area contributed by atoms with Crippen LogP contribution in [-0.2, 0) is 4.74 Å². The van der Waals surface area contributed by atoms with Crippen molar-refractivity contribution in [3.63, 3.8) is 0 Å². The molecule has 21 heavy (non-hydrogen) atoms. The number of nitro benzene ring substituents is 1. The summed E-state index contributed by atoms with van der Waals surface area (Å²) in [5.74, 6) is -1.18. The molecule has 0 aromatic heterocycles. The smallest absolute Gasteiger partial charge is 0.335 e. The summed E-state index contributed by atoms with van der Waals surface area (Å²) in [6.07, 6.45) is 3.14. The van der Waals surface area contributed by atoms with Crippen LogP contribution in [0.5, 0.6) is 0 Å². The Bertz CT molecular complexity index is 540. The summed E-state index contributed by atoms with van der Waals surface area (Å²) in [5, 5.41) is 20.1. The Labute approximate surface area is 122 Å². The first-order valence-corrected chi connectivity index (χ1v) is 6.83. The van der Waals surface area contributed by atoms with E-state index >= 15 is 0 Å². The molecule has 0 bridgehead atoms. The number of ether oxygens (including phenoxy) is 1. The minimum absolute atomic E-state index is 0.0579. The van der Waals surface area contributed by atoms with Crippen molar-refractivity contribution >= 4 is 17.3 Å². The summed E-state index contributed by atoms with van der Waals surface area (Å²) in [7, 11) is 1.75. The standard InChI is InChI=1S/C14H18N2O5/c1-15(9-11-4-2-3-7-21-11)12-6-5-10(14(17)18)8-13(12)16(19)20/h5-6,8,11H,2-4,7,9H2,1H3,(H,17,18). The van der Waals surface area contributed by atoms with E-state index in [9.17, 15) is 14.9 Å². The fourth-order valence-electron chi connectivity index (χ4n) is 2.48. The molecule has 1 heterocycles. The molecule has 114 valence electrons. The van der Waals surface area contributed by atoms with E-state index in [2.05, 4.69) is 0 Å². The summed E-state index contributed by atoms with van der Waals surface area (Å²) in [5.41, 5.74) is 0.111. The van der Waals surface area contributed by atoms with Gasteiger partial charge in [0.2, 0.25) is 0 Å². The van der Waals surface area contributed by atoms with Crippen molar-refractivity contribution in [1.29, 1.82) is 0 Å². The lowest BCUT2D eigenvalue weighted by Gasteiger charge is -2.28. The number of aromatic carboxylic acids is 1. The highest BCUT2D eigenvalue weighted by Crippen LogP contribution is 2.29. The fraction of sp³-hybridized carbons (Fsp3) is 0.500. The van der Waals surface area contributed by atoms with Crippen LogP contribution in [0.1, 0.15) is 29.6 Å². The maximum atomic E-state index is 11.1. The van der Waals surface area contributed by atoms with Gasteiger partial charge in [0.1, 0.15) is 5.69 Å². The molecule has 1 aliphatic heterocycles. The zero-order chi connectivity index (χ0) is 15.4. The van der Waals surface area contributed by atoms with Gasteiger partial charge in [0.05, 0.1) is 16.6 Å². The molecule has 7 nitrogen and oxygen atoms in total. The Morgan fingerprint density at radius 1 is 1.52 bits per heavy atom. The van der Waals surface area contributed by atoms with Gasteiger partial charge in [0.25, 0.3) is 5.69 Å². The van der Waals surface area contributed by atoms with Gasteiger partial charge in [-0.05, 0) is 31.4 Å². The molecule has 1 atom stereocenters. The number of nitro groups is 1. The number of nitrogens with zero attached hydrogens (tertiary/aromatic N) is 2. The maximum Gasteiger partial charge on any atom is 0.335 e. The first-order valence-electron chi connectivity index (χ1n) is 6.83. The number of hydrogen-bond donors (Lipinski definition) is 1. The van der Waals surface area contributed by atoms with Crippen LogP contribution in [-0.4, -0.2) is 42.3 Å². The molecule has 7 heteroatoms. The summed E-state index contributed by atoms with van der Waals surface area (Å²) in [4.78, 5) is 23.3. The van der Waals surface area contributed by atoms with Crippen LogP contribution in [0.4, 0.5) is 11.4 Å². The van der Waals surface area contributed by atoms with Gasteiger partial charge in [-0.15, -0.1) is 0 Å². The van der Waals surface area contributed by atoms with Gasteiger partial charge in [-0.3, -0.25) is 10.1 Å². The fourth-order valence-corrected chi connectivity index (χ4v) is 2.48. The highest BCUT2D eigenvalue weighted by atomic mass is 16.6. The van der Waals surface area contributed by atoms with Crippen molar-refractivity contribution in [3.8, 4) is 0 Å². The Morgan fingerprint density at radius 3 is 2.86 bits per heavy atom. The summed E-state index contributed by atoms with van der Waals surface area (Å²) >= 11 is 0. The van der Waals surface area contributed by atoms with E-state index < -0.39 is 10.9 Å². The molecule has 1 unspecified atom stereocenters. The molecule has 0 aliphatic carbocycles. The van der Waals surface area contributed by atoms with Crippen LogP contribution in [0.15, 0.2) is 18.2 Å². The van der Waals surface area contributed by atoms with Gasteiger partial charge < -0.3 is 14.7 Å². The van der Waals surface area contributed by atoms with Crippen LogP contribution in [0.2, 0.25) is 0 Å². The lowest BCUT2D eigenvalue weighted by Crippen LogP contribution is -2.33. The number of anilines is 1. The van der Waals surface area contributed by atoms with Crippen LogP contribution in [0.3, 0.4) is 0 Å². The molecule has 0 saturated carbocycles. The summed E-state index contributed by atoms with van der Waals surface area (Å²) in [6.45, 7) is 1.27. The van der Waals surface area contributed by atoms with Crippen molar-refractivity contribution in [2.45, 2.75) is 25.4 Å². The topological polar surface area (TPSA) is 92.9 Å². The van der Waals surface area contributed by atoms with E-state index in [1.54, 1.807) is 11.9 Å². The number of likely N-dealkylation sites (N-methyl/N-ethyl adjacent to an activating group) is 1. The van der Waals surface area contributed by atoms with E-state index in [1.165, 1.54) is 12.1 Å². The third kappa shape index (κ3) is 3.69. The normalized spacial score (nSPS) is 18.2. The number of carbonyl (C=O) groups is 1. The van der Waals surface area contributed by atoms with Gasteiger partial charge in [0.15, 0.2) is 0 Å². The summed E-state index contributed by atoms with van der Waals surface area (Å²) < 4.78 is 5.63. The molecule has 1 aromatic rings. The monoisotopic (exact) mass is 294 g/mol. The Kier molecular flexibility index (Phi) is 4.74. The van der Waals surface area contributed by atoms with Crippen molar-refractivity contribution in [2.24, 2.45) is 0 Å². The molecular formula is C14H18N2O5. The second kappa shape index (κ2) is 6.53. The highest BCUT2D eigenvalue weighted by Gasteiger charge is 2.23. The Balaban J connectivity index is 2.20. The molecule has 1 aliphatic rings. The lowest BCUT2D eigenvalue weighted by atomic mass is 10.1. The van der Waals surface area contributed by atoms with Crippen LogP contribution in [0.25, 0.3) is 0 Å². The van der Waals surface area contributed by atoms with Crippen molar-refractivity contribution < 1.29 is 19.6 Å². The van der Waals surface area contributed by atoms with E-state index in [4.69, 9.17) is 9.84 Å². The SMILES string of the molecule is CN(CC1CCCCO1)c1ccc(C(=O)O)cc1[N+](=O)[O-]. The average molecular weight is 294 g/mol. The van der Waals surface area contributed by atoms with E-state index in [0.717, 1.165) is 31.9 Å². The average Bonchev–Trinajstić information content (AvgIpc) is 2.47. The second-order valence-electron chi connectivity index (χ2n) is 5.13. The summed E-state index contributed by atoms with van der Waals surface area (Å²) in [6, 6.07) is 3.95. The quantitative estimate of drug-likeness (QED) is 0.661. The maximum absolute atomic E-state index is 11.1. The van der Waals surface area contributed by atoms with E-state index in [1.807, 2.05) is 0 Å². The molecule has 2 rings (SSSR count). The number of carboxylic acids is 1. The van der Waals surface area contributed by atoms with Crippen molar-refractivity contribution in [2.75, 3.05) is 25.1 Å². The molecular weight excluding hydrogens is 276 g/mol. The zero-order valence-electron chi connectivity index (χ0n) is 11.8. The molecule has 1 fully saturated rings. The molecule has 0 radical (unpaired) electrons. The molecule has 1 N–H and O–H groups in total. The molecule has 1 aromatic carbocycles. The second-order valence-corrected chi connectivity index (χ2v) is 5.13. The largest absolute Gasteiger partial charge is 0.478 e. The Hall–Kier alpha value is -2.15.